The number of rotatable bonds is 3. The summed E-state index contributed by atoms with van der Waals surface area (Å²) in [6.07, 6.45) is 2.42. The predicted molar refractivity (Wildman–Crippen MR) is 103 cm³/mol. The Balaban J connectivity index is 0.00000169. The molecule has 0 unspecified atom stereocenters. The molecule has 3 aromatic carbocycles. The monoisotopic (exact) mass is 316 g/mol. The summed E-state index contributed by atoms with van der Waals surface area (Å²) in [7, 11) is 0. The van der Waals surface area contributed by atoms with Crippen molar-refractivity contribution in [1.82, 2.24) is 6.15 Å². The fourth-order valence-corrected chi connectivity index (χ4v) is 3.45. The van der Waals surface area contributed by atoms with E-state index in [2.05, 4.69) is 83.8 Å². The van der Waals surface area contributed by atoms with Crippen LogP contribution in [0.5, 0.6) is 0 Å². The lowest BCUT2D eigenvalue weighted by atomic mass is 9.96. The van der Waals surface area contributed by atoms with Crippen LogP contribution in [0.3, 0.4) is 0 Å². The Hall–Kier alpha value is -2.58. The van der Waals surface area contributed by atoms with Crippen LogP contribution in [0.4, 0.5) is 5.69 Å². The number of benzene rings is 3. The molecule has 1 aliphatic heterocycles. The van der Waals surface area contributed by atoms with Gasteiger partial charge in [-0.1, -0.05) is 66.7 Å². The van der Waals surface area contributed by atoms with Crippen LogP contribution in [0.2, 0.25) is 0 Å². The minimum atomic E-state index is 0. The third kappa shape index (κ3) is 3.34. The van der Waals surface area contributed by atoms with Gasteiger partial charge in [0.15, 0.2) is 0 Å². The van der Waals surface area contributed by atoms with Gasteiger partial charge in [-0.25, -0.2) is 0 Å². The van der Waals surface area contributed by atoms with Gasteiger partial charge in [0.25, 0.3) is 0 Å². The van der Waals surface area contributed by atoms with Gasteiger partial charge in [-0.05, 0) is 47.2 Å². The molecule has 1 aliphatic rings. The standard InChI is InChI=1S/C22H21N.H3N/c1-3-8-18(9-4-1)17-23-15-7-12-21-16-20(13-14-22(21)23)19-10-5-2-6-11-19;/h1-6,8-11,13-14,16H,7,12,15,17H2;1H3. The number of fused-ring (bicyclic) bond motifs is 1. The van der Waals surface area contributed by atoms with E-state index in [4.69, 9.17) is 0 Å². The molecule has 0 aromatic heterocycles. The minimum Gasteiger partial charge on any atom is -0.367 e. The van der Waals surface area contributed by atoms with Crippen LogP contribution >= 0.6 is 0 Å². The molecular weight excluding hydrogens is 292 g/mol. The molecule has 0 saturated heterocycles. The van der Waals surface area contributed by atoms with E-state index in [0.29, 0.717) is 0 Å². The molecule has 122 valence electrons. The lowest BCUT2D eigenvalue weighted by Gasteiger charge is -2.32. The van der Waals surface area contributed by atoms with E-state index >= 15 is 0 Å². The normalized spacial score (nSPS) is 13.1. The third-order valence-electron chi connectivity index (χ3n) is 4.62. The summed E-state index contributed by atoms with van der Waals surface area (Å²) in [6.45, 7) is 2.14. The number of aryl methyl sites for hydroxylation is 1. The van der Waals surface area contributed by atoms with Gasteiger partial charge in [-0.15, -0.1) is 0 Å². The van der Waals surface area contributed by atoms with Crippen molar-refractivity contribution in [3.8, 4) is 11.1 Å². The Labute approximate surface area is 144 Å². The molecule has 0 saturated carbocycles. The van der Waals surface area contributed by atoms with Crippen LogP contribution in [0.25, 0.3) is 11.1 Å². The van der Waals surface area contributed by atoms with E-state index < -0.39 is 0 Å². The largest absolute Gasteiger partial charge is 0.367 e. The average molecular weight is 316 g/mol. The first-order valence-corrected chi connectivity index (χ1v) is 8.37. The SMILES string of the molecule is N.c1ccc(CN2CCCc3cc(-c4ccccc4)ccc32)cc1. The van der Waals surface area contributed by atoms with Gasteiger partial charge in [0.05, 0.1) is 0 Å². The summed E-state index contributed by atoms with van der Waals surface area (Å²) < 4.78 is 0. The van der Waals surface area contributed by atoms with E-state index in [9.17, 15) is 0 Å². The van der Waals surface area contributed by atoms with E-state index in [0.717, 1.165) is 13.1 Å². The quantitative estimate of drug-likeness (QED) is 0.696. The maximum atomic E-state index is 2.52. The highest BCUT2D eigenvalue weighted by Gasteiger charge is 2.17. The summed E-state index contributed by atoms with van der Waals surface area (Å²) in [6, 6.07) is 28.4. The van der Waals surface area contributed by atoms with Crippen LogP contribution < -0.4 is 11.1 Å². The second-order valence-electron chi connectivity index (χ2n) is 6.22. The van der Waals surface area contributed by atoms with Gasteiger partial charge in [0.1, 0.15) is 0 Å². The van der Waals surface area contributed by atoms with E-state index in [1.165, 1.54) is 40.8 Å². The molecule has 0 bridgehead atoms. The molecule has 0 spiro atoms. The molecule has 3 aromatic rings. The van der Waals surface area contributed by atoms with Crippen LogP contribution in [0.15, 0.2) is 78.9 Å². The first-order chi connectivity index (χ1) is 11.4. The summed E-state index contributed by atoms with van der Waals surface area (Å²) in [5.41, 5.74) is 6.89. The van der Waals surface area contributed by atoms with Gasteiger partial charge in [0, 0.05) is 18.8 Å². The highest BCUT2D eigenvalue weighted by molar-refractivity contribution is 5.69. The highest BCUT2D eigenvalue weighted by Crippen LogP contribution is 2.32. The van der Waals surface area contributed by atoms with Gasteiger partial charge >= 0.3 is 0 Å². The Kier molecular flexibility index (Phi) is 4.97. The number of nitrogens with zero attached hydrogens (tertiary/aromatic N) is 1. The molecule has 0 fully saturated rings. The first kappa shape index (κ1) is 16.3. The molecule has 0 atom stereocenters. The van der Waals surface area contributed by atoms with Crippen molar-refractivity contribution in [1.29, 1.82) is 0 Å². The van der Waals surface area contributed by atoms with Gasteiger partial charge in [0.2, 0.25) is 0 Å². The topological polar surface area (TPSA) is 38.2 Å². The summed E-state index contributed by atoms with van der Waals surface area (Å²) in [4.78, 5) is 2.52. The Morgan fingerprint density at radius 3 is 2.21 bits per heavy atom. The van der Waals surface area contributed by atoms with Crippen molar-refractivity contribution in [3.63, 3.8) is 0 Å². The molecule has 24 heavy (non-hydrogen) atoms. The minimum absolute atomic E-state index is 0. The van der Waals surface area contributed by atoms with Crippen molar-refractivity contribution in [2.75, 3.05) is 11.4 Å². The molecule has 1 heterocycles. The Bertz CT molecular complexity index is 782. The molecule has 2 heteroatoms. The lowest BCUT2D eigenvalue weighted by molar-refractivity contribution is 0.691. The molecule has 3 N–H and O–H groups in total. The molecule has 0 radical (unpaired) electrons. The van der Waals surface area contributed by atoms with Crippen molar-refractivity contribution in [2.24, 2.45) is 0 Å². The van der Waals surface area contributed by atoms with E-state index in [1.54, 1.807) is 0 Å². The van der Waals surface area contributed by atoms with Crippen molar-refractivity contribution >= 4 is 5.69 Å². The Morgan fingerprint density at radius 1 is 0.750 bits per heavy atom. The lowest BCUT2D eigenvalue weighted by Crippen LogP contribution is -2.28. The number of anilines is 1. The molecular formula is C22H24N2. The van der Waals surface area contributed by atoms with Crippen molar-refractivity contribution in [3.05, 3.63) is 90.0 Å². The number of hydrogen-bond acceptors (Lipinski definition) is 2. The fourth-order valence-electron chi connectivity index (χ4n) is 3.45. The average Bonchev–Trinajstić information content (AvgIpc) is 2.63. The summed E-state index contributed by atoms with van der Waals surface area (Å²) in [5, 5.41) is 0. The second kappa shape index (κ2) is 7.33. The Morgan fingerprint density at radius 2 is 1.46 bits per heavy atom. The number of hydrogen-bond donors (Lipinski definition) is 1. The van der Waals surface area contributed by atoms with E-state index in [1.807, 2.05) is 0 Å². The maximum absolute atomic E-state index is 2.52. The van der Waals surface area contributed by atoms with Crippen LogP contribution in [0, 0.1) is 0 Å². The summed E-state index contributed by atoms with van der Waals surface area (Å²) >= 11 is 0. The van der Waals surface area contributed by atoms with Crippen LogP contribution in [-0.4, -0.2) is 6.54 Å². The fraction of sp³-hybridized carbons (Fsp3) is 0.182. The van der Waals surface area contributed by atoms with Crippen molar-refractivity contribution in [2.45, 2.75) is 19.4 Å². The highest BCUT2D eigenvalue weighted by atomic mass is 15.1. The third-order valence-corrected chi connectivity index (χ3v) is 4.62. The predicted octanol–water partition coefficient (Wildman–Crippen LogP) is 5.47. The zero-order chi connectivity index (χ0) is 15.5. The molecule has 4 rings (SSSR count). The van der Waals surface area contributed by atoms with Crippen LogP contribution in [0.1, 0.15) is 17.5 Å². The smallest absolute Gasteiger partial charge is 0.0429 e. The second-order valence-corrected chi connectivity index (χ2v) is 6.22. The molecule has 0 amide bonds. The van der Waals surface area contributed by atoms with E-state index in [-0.39, 0.29) is 6.15 Å². The zero-order valence-corrected chi connectivity index (χ0v) is 14.0. The van der Waals surface area contributed by atoms with Crippen molar-refractivity contribution < 1.29 is 0 Å². The molecule has 2 nitrogen and oxygen atoms in total. The summed E-state index contributed by atoms with van der Waals surface area (Å²) in [5.74, 6) is 0. The van der Waals surface area contributed by atoms with Gasteiger partial charge in [-0.2, -0.15) is 0 Å². The first-order valence-electron chi connectivity index (χ1n) is 8.37. The molecule has 0 aliphatic carbocycles. The van der Waals surface area contributed by atoms with Gasteiger partial charge < -0.3 is 11.1 Å². The zero-order valence-electron chi connectivity index (χ0n) is 14.0. The van der Waals surface area contributed by atoms with Crippen LogP contribution in [-0.2, 0) is 13.0 Å². The maximum Gasteiger partial charge on any atom is 0.0429 e. The van der Waals surface area contributed by atoms with Gasteiger partial charge in [-0.3, -0.25) is 0 Å².